The number of hydrogen-bond acceptors (Lipinski definition) is 5. The van der Waals surface area contributed by atoms with E-state index in [1.807, 2.05) is 31.5 Å². The highest BCUT2D eigenvalue weighted by Gasteiger charge is 2.45. The zero-order valence-corrected chi connectivity index (χ0v) is 24.5. The van der Waals surface area contributed by atoms with Crippen LogP contribution in [0.25, 0.3) is 16.9 Å². The number of amides is 1. The quantitative estimate of drug-likeness (QED) is 0.297. The molecular weight excluding hydrogens is 557 g/mol. The highest BCUT2D eigenvalue weighted by atomic mass is 35.5. The molecule has 0 radical (unpaired) electrons. The van der Waals surface area contributed by atoms with Crippen LogP contribution in [0.2, 0.25) is 5.02 Å². The van der Waals surface area contributed by atoms with Gasteiger partial charge in [-0.3, -0.25) is 23.8 Å². The number of rotatable bonds is 6. The molecule has 8 nitrogen and oxygen atoms in total. The average molecular weight is 588 g/mol. The van der Waals surface area contributed by atoms with Crippen LogP contribution in [-0.4, -0.2) is 31.8 Å². The van der Waals surface area contributed by atoms with E-state index in [-0.39, 0.29) is 39.6 Å². The Hall–Kier alpha value is -3.82. The average Bonchev–Trinajstić information content (AvgIpc) is 3.89. The lowest BCUT2D eigenvalue weighted by atomic mass is 10.0. The summed E-state index contributed by atoms with van der Waals surface area (Å²) in [7, 11) is 0. The molecule has 3 aliphatic rings. The van der Waals surface area contributed by atoms with Crippen molar-refractivity contribution in [2.45, 2.75) is 65.0 Å². The minimum Gasteiger partial charge on any atom is -0.373 e. The minimum absolute atomic E-state index is 0.111. The normalized spacial score (nSPS) is 20.2. The van der Waals surface area contributed by atoms with Gasteiger partial charge in [0.25, 0.3) is 5.56 Å². The number of hydrogen-bond donors (Lipinski definition) is 1. The Kier molecular flexibility index (Phi) is 6.36. The molecule has 2 fully saturated rings. The first-order valence-electron chi connectivity index (χ1n) is 14.3. The number of carbonyl (C=O) groups is 1. The van der Waals surface area contributed by atoms with E-state index in [0.29, 0.717) is 24.6 Å². The van der Waals surface area contributed by atoms with Gasteiger partial charge in [0.15, 0.2) is 5.82 Å². The molecule has 3 aromatic heterocycles. The topological polar surface area (TPSA) is 91.0 Å². The highest BCUT2D eigenvalue weighted by Crippen LogP contribution is 2.55. The SMILES string of the molecule is Cc1cnc(-c2cccc(NC(=O)C3(C)CC3)c2F)cc1-n1c(C)cc([C@H]2C[C@@H]2c2cc3n(n2)CCOC3)c(Cl)c1=O. The molecule has 0 unspecified atom stereocenters. The summed E-state index contributed by atoms with van der Waals surface area (Å²) in [6.07, 6.45) is 4.08. The molecule has 2 atom stereocenters. The van der Waals surface area contributed by atoms with Gasteiger partial charge in [0.1, 0.15) is 5.02 Å². The van der Waals surface area contributed by atoms with Crippen LogP contribution in [0.5, 0.6) is 0 Å². The van der Waals surface area contributed by atoms with Gasteiger partial charge in [0.05, 0.1) is 48.2 Å². The summed E-state index contributed by atoms with van der Waals surface area (Å²) in [6, 6.07) is 10.6. The lowest BCUT2D eigenvalue weighted by Crippen LogP contribution is -2.23. The van der Waals surface area contributed by atoms with Crippen LogP contribution in [-0.2, 0) is 22.7 Å². The predicted octanol–water partition coefficient (Wildman–Crippen LogP) is 6.05. The number of ether oxygens (including phenoxy) is 1. The molecule has 42 heavy (non-hydrogen) atoms. The third kappa shape index (κ3) is 4.55. The van der Waals surface area contributed by atoms with Gasteiger partial charge < -0.3 is 10.1 Å². The van der Waals surface area contributed by atoms with Gasteiger partial charge in [0.2, 0.25) is 5.91 Å². The zero-order valence-electron chi connectivity index (χ0n) is 23.7. The van der Waals surface area contributed by atoms with Gasteiger partial charge in [-0.2, -0.15) is 5.10 Å². The molecule has 1 aromatic carbocycles. The number of nitrogens with zero attached hydrogens (tertiary/aromatic N) is 4. The summed E-state index contributed by atoms with van der Waals surface area (Å²) in [5.41, 5.74) is 4.89. The number of aromatic nitrogens is 4. The van der Waals surface area contributed by atoms with Crippen molar-refractivity contribution in [2.24, 2.45) is 5.41 Å². The van der Waals surface area contributed by atoms with E-state index in [4.69, 9.17) is 21.4 Å². The lowest BCUT2D eigenvalue weighted by Gasteiger charge is -2.17. The molecule has 216 valence electrons. The number of halogens is 2. The van der Waals surface area contributed by atoms with E-state index in [0.717, 1.165) is 54.0 Å². The standard InChI is InChI=1S/C32H31ClFN5O3/c1-17-15-35-25(20-5-4-6-24(29(20)34)36-31(41)32(3)7-8-32)14-27(17)39-18(2)11-23(28(33)30(39)40)21-13-22(21)26-12-19-16-42-10-9-38(19)37-26/h4-6,11-12,14-15,21-22H,7-10,13,16H2,1-3H3,(H,36,41)/t21-,22-/m0/s1. The predicted molar refractivity (Wildman–Crippen MR) is 158 cm³/mol. The number of anilines is 1. The third-order valence-electron chi connectivity index (χ3n) is 8.90. The molecular formula is C32H31ClFN5O3. The maximum absolute atomic E-state index is 15.6. The van der Waals surface area contributed by atoms with E-state index < -0.39 is 11.2 Å². The van der Waals surface area contributed by atoms with Crippen molar-refractivity contribution in [3.63, 3.8) is 0 Å². The summed E-state index contributed by atoms with van der Waals surface area (Å²) in [5, 5.41) is 7.69. The molecule has 10 heteroatoms. The van der Waals surface area contributed by atoms with Gasteiger partial charge in [-0.1, -0.05) is 24.6 Å². The van der Waals surface area contributed by atoms with E-state index in [1.165, 1.54) is 0 Å². The Bertz CT molecular complexity index is 1800. The first kappa shape index (κ1) is 27.0. The Labute approximate surface area is 247 Å². The van der Waals surface area contributed by atoms with Crippen molar-refractivity contribution < 1.29 is 13.9 Å². The molecule has 0 saturated heterocycles. The molecule has 2 aliphatic carbocycles. The van der Waals surface area contributed by atoms with Crippen molar-refractivity contribution in [2.75, 3.05) is 11.9 Å². The molecule has 4 aromatic rings. The first-order valence-corrected chi connectivity index (χ1v) is 14.7. The Balaban J connectivity index is 1.21. The molecule has 1 N–H and O–H groups in total. The number of fused-ring (bicyclic) bond motifs is 1. The van der Waals surface area contributed by atoms with Crippen LogP contribution in [0.3, 0.4) is 0 Å². The van der Waals surface area contributed by atoms with Crippen molar-refractivity contribution >= 4 is 23.2 Å². The highest BCUT2D eigenvalue weighted by molar-refractivity contribution is 6.31. The molecule has 0 bridgehead atoms. The Morgan fingerprint density at radius 3 is 2.76 bits per heavy atom. The number of aryl methyl sites for hydroxylation is 2. The molecule has 1 aliphatic heterocycles. The Morgan fingerprint density at radius 1 is 1.19 bits per heavy atom. The first-order chi connectivity index (χ1) is 20.1. The van der Waals surface area contributed by atoms with E-state index in [9.17, 15) is 9.59 Å². The van der Waals surface area contributed by atoms with Gasteiger partial charge in [-0.15, -0.1) is 0 Å². The fourth-order valence-electron chi connectivity index (χ4n) is 5.88. The van der Waals surface area contributed by atoms with Crippen LogP contribution in [0.15, 0.2) is 47.4 Å². The summed E-state index contributed by atoms with van der Waals surface area (Å²) in [5.74, 6) is -0.423. The largest absolute Gasteiger partial charge is 0.373 e. The second-order valence-corrected chi connectivity index (χ2v) is 12.4. The van der Waals surface area contributed by atoms with Crippen molar-refractivity contribution in [3.8, 4) is 16.9 Å². The van der Waals surface area contributed by atoms with E-state index in [2.05, 4.69) is 16.4 Å². The fourth-order valence-corrected chi connectivity index (χ4v) is 6.16. The van der Waals surface area contributed by atoms with E-state index in [1.54, 1.807) is 35.0 Å². The van der Waals surface area contributed by atoms with Gasteiger partial charge in [0, 0.05) is 28.8 Å². The molecule has 4 heterocycles. The monoisotopic (exact) mass is 587 g/mol. The van der Waals surface area contributed by atoms with Crippen LogP contribution in [0.1, 0.15) is 66.2 Å². The third-order valence-corrected chi connectivity index (χ3v) is 9.28. The summed E-state index contributed by atoms with van der Waals surface area (Å²) < 4.78 is 24.7. The zero-order chi connectivity index (χ0) is 29.3. The summed E-state index contributed by atoms with van der Waals surface area (Å²) >= 11 is 6.76. The van der Waals surface area contributed by atoms with Crippen LogP contribution in [0.4, 0.5) is 10.1 Å². The van der Waals surface area contributed by atoms with Crippen LogP contribution in [0, 0.1) is 25.1 Å². The summed E-state index contributed by atoms with van der Waals surface area (Å²) in [4.78, 5) is 30.8. The van der Waals surface area contributed by atoms with Gasteiger partial charge in [-0.05, 0) is 80.5 Å². The minimum atomic E-state index is -0.567. The second kappa shape index (κ2) is 9.88. The lowest BCUT2D eigenvalue weighted by molar-refractivity contribution is -0.120. The number of carbonyl (C=O) groups excluding carboxylic acids is 1. The van der Waals surface area contributed by atoms with Gasteiger partial charge in [-0.25, -0.2) is 4.39 Å². The Morgan fingerprint density at radius 2 is 2.00 bits per heavy atom. The molecule has 1 amide bonds. The van der Waals surface area contributed by atoms with Crippen molar-refractivity contribution in [3.05, 3.63) is 92.0 Å². The summed E-state index contributed by atoms with van der Waals surface area (Å²) in [6.45, 7) is 7.57. The van der Waals surface area contributed by atoms with Crippen LogP contribution >= 0.6 is 11.6 Å². The fraction of sp³-hybridized carbons (Fsp3) is 0.375. The number of nitrogens with one attached hydrogen (secondary N) is 1. The second-order valence-electron chi connectivity index (χ2n) is 12.0. The maximum atomic E-state index is 15.6. The number of benzene rings is 1. The smallest absolute Gasteiger partial charge is 0.274 e. The molecule has 2 saturated carbocycles. The molecule has 0 spiro atoms. The molecule has 7 rings (SSSR count). The maximum Gasteiger partial charge on any atom is 0.274 e. The van der Waals surface area contributed by atoms with Crippen LogP contribution < -0.4 is 10.9 Å². The van der Waals surface area contributed by atoms with Crippen molar-refractivity contribution in [1.82, 2.24) is 19.3 Å². The van der Waals surface area contributed by atoms with E-state index >= 15 is 4.39 Å². The van der Waals surface area contributed by atoms with Gasteiger partial charge >= 0.3 is 0 Å². The number of pyridine rings is 2. The van der Waals surface area contributed by atoms with Crippen molar-refractivity contribution in [1.29, 1.82) is 0 Å².